The molecule has 4 rings (SSSR count). The first kappa shape index (κ1) is 54.2. The van der Waals surface area contributed by atoms with Crippen LogP contribution in [0.25, 0.3) is 0 Å². The fourth-order valence-electron chi connectivity index (χ4n) is 6.98. The average molecular weight is 927 g/mol. The van der Waals surface area contributed by atoms with Gasteiger partial charge in [0, 0.05) is 19.5 Å². The van der Waals surface area contributed by atoms with Gasteiger partial charge in [-0.2, -0.15) is 0 Å². The molecule has 0 radical (unpaired) electrons. The van der Waals surface area contributed by atoms with E-state index in [0.717, 1.165) is 25.7 Å². The van der Waals surface area contributed by atoms with Crippen molar-refractivity contribution in [2.45, 2.75) is 149 Å². The van der Waals surface area contributed by atoms with Gasteiger partial charge >= 0.3 is 15.2 Å². The van der Waals surface area contributed by atoms with Crippen LogP contribution in [0.5, 0.6) is 0 Å². The SMILES string of the molecule is CCCCCCCC/C=C\CCCCCCCC(=O)NC1=NC=NC2C1N=CN2CCOCP(=O)(OCC)OCC.CCOP(=O)(COCCN1C=NC2C(N)=NC=NC21)OCC. The Labute approximate surface area is 376 Å². The predicted octanol–water partition coefficient (Wildman–Crippen LogP) is 7.52. The highest BCUT2D eigenvalue weighted by Crippen LogP contribution is 2.48. The maximum atomic E-state index is 12.5. The number of hydrogen-bond acceptors (Lipinski definition) is 18. The number of rotatable bonds is 33. The quantitative estimate of drug-likeness (QED) is 0.0370. The molecule has 0 bridgehead atoms. The Kier molecular flexibility index (Phi) is 27.2. The third-order valence-electron chi connectivity index (χ3n) is 10.1. The number of allylic oxidation sites excluding steroid dienone is 2. The second-order valence-corrected chi connectivity index (χ2v) is 19.2. The lowest BCUT2D eigenvalue weighted by atomic mass is 10.1. The van der Waals surface area contributed by atoms with Crippen LogP contribution in [0, 0.1) is 0 Å². The van der Waals surface area contributed by atoms with Crippen LogP contribution in [0.3, 0.4) is 0 Å². The van der Waals surface area contributed by atoms with Crippen molar-refractivity contribution in [3.05, 3.63) is 12.2 Å². The van der Waals surface area contributed by atoms with E-state index in [9.17, 15) is 13.9 Å². The molecule has 4 aliphatic heterocycles. The van der Waals surface area contributed by atoms with Crippen LogP contribution in [0.2, 0.25) is 0 Å². The first-order valence-corrected chi connectivity index (χ1v) is 26.5. The molecule has 0 aromatic heterocycles. The van der Waals surface area contributed by atoms with Crippen LogP contribution in [-0.4, -0.2) is 143 Å². The van der Waals surface area contributed by atoms with E-state index in [1.54, 1.807) is 40.4 Å². The second-order valence-electron chi connectivity index (χ2n) is 15.2. The number of nitrogens with zero attached hydrogens (tertiary/aromatic N) is 8. The van der Waals surface area contributed by atoms with E-state index >= 15 is 0 Å². The summed E-state index contributed by atoms with van der Waals surface area (Å²) in [5, 5.41) is 2.94. The third-order valence-corrected chi connectivity index (χ3v) is 13.7. The first-order valence-electron chi connectivity index (χ1n) is 23.0. The fraction of sp³-hybridized carbons (Fsp3) is 0.786. The molecule has 358 valence electrons. The topological polar surface area (TPSA) is 225 Å². The molecule has 0 spiro atoms. The Balaban J connectivity index is 0.000000401. The Bertz CT molecular complexity index is 1610. The molecule has 0 fully saturated rings. The fourth-order valence-corrected chi connectivity index (χ4v) is 9.71. The van der Waals surface area contributed by atoms with Crippen LogP contribution in [-0.2, 0) is 41.5 Å². The number of amides is 1. The molecule has 4 unspecified atom stereocenters. The molecule has 0 aromatic carbocycles. The number of nitrogens with two attached hydrogens (primary N) is 1. The van der Waals surface area contributed by atoms with Crippen molar-refractivity contribution in [3.63, 3.8) is 0 Å². The average Bonchev–Trinajstić information content (AvgIpc) is 3.88. The lowest BCUT2D eigenvalue weighted by Crippen LogP contribution is -2.48. The van der Waals surface area contributed by atoms with Crippen molar-refractivity contribution in [2.75, 3.05) is 65.4 Å². The van der Waals surface area contributed by atoms with Crippen LogP contribution in [0.1, 0.15) is 125 Å². The third kappa shape index (κ3) is 20.7. The standard InChI is InChI=1S/C30H54N5O5P.C12H22N5O4P/c1-4-7-8-9-10-11-12-13-14-15-16-17-18-19-20-21-27(36)34-29-28-30(32-24-31-29)35(25-33-28)22-23-38-26-41(37,39-5-2)40-6-3;1-3-20-22(18,21-4-2)9-19-6-5-17-8-16-10-11(13)14-7-15-12(10)17/h13-14,24-25,28,30H,4-12,15-23,26H2,1-3H3,(H,31,32,34,36);7-8,10,12H,3-6,9H2,1-2H3,(H2,13,14,15)/b14-13-;. The van der Waals surface area contributed by atoms with Gasteiger partial charge in [0.1, 0.15) is 49.1 Å². The summed E-state index contributed by atoms with van der Waals surface area (Å²) < 4.78 is 56.6. The molecular formula is C42H76N10O9P2. The van der Waals surface area contributed by atoms with E-state index in [0.29, 0.717) is 70.8 Å². The zero-order valence-electron chi connectivity index (χ0n) is 38.5. The van der Waals surface area contributed by atoms with Gasteiger partial charge < -0.3 is 48.4 Å². The molecule has 1 amide bonds. The highest BCUT2D eigenvalue weighted by Gasteiger charge is 2.37. The smallest absolute Gasteiger partial charge is 0.356 e. The normalized spacial score (nSPS) is 20.2. The zero-order chi connectivity index (χ0) is 45.6. The van der Waals surface area contributed by atoms with Crippen LogP contribution < -0.4 is 11.1 Å². The van der Waals surface area contributed by atoms with Gasteiger partial charge in [0.05, 0.1) is 52.3 Å². The molecule has 4 aliphatic rings. The van der Waals surface area contributed by atoms with Crippen LogP contribution in [0.4, 0.5) is 0 Å². The van der Waals surface area contributed by atoms with Crippen molar-refractivity contribution in [1.82, 2.24) is 15.1 Å². The van der Waals surface area contributed by atoms with Gasteiger partial charge in [-0.15, -0.1) is 0 Å². The summed E-state index contributed by atoms with van der Waals surface area (Å²) in [4.78, 5) is 42.1. The summed E-state index contributed by atoms with van der Waals surface area (Å²) in [5.74, 6) is 0.950. The number of amidine groups is 2. The van der Waals surface area contributed by atoms with Crippen molar-refractivity contribution in [3.8, 4) is 0 Å². The zero-order valence-corrected chi connectivity index (χ0v) is 40.3. The number of carbonyl (C=O) groups excluding carboxylic acids is 1. The Morgan fingerprint density at radius 1 is 0.651 bits per heavy atom. The number of fused-ring (bicyclic) bond motifs is 2. The summed E-state index contributed by atoms with van der Waals surface area (Å²) in [5.41, 5.74) is 5.78. The second kappa shape index (κ2) is 31.7. The van der Waals surface area contributed by atoms with Gasteiger partial charge in [0.25, 0.3) is 0 Å². The van der Waals surface area contributed by atoms with Gasteiger partial charge in [0.15, 0.2) is 12.3 Å². The summed E-state index contributed by atoms with van der Waals surface area (Å²) in [6.07, 6.45) is 26.9. The molecular weight excluding hydrogens is 850 g/mol. The Morgan fingerprint density at radius 2 is 1.11 bits per heavy atom. The minimum atomic E-state index is -3.24. The number of aliphatic imine (C=N–C) groups is 6. The lowest BCUT2D eigenvalue weighted by Gasteiger charge is -2.27. The van der Waals surface area contributed by atoms with Crippen LogP contribution >= 0.6 is 15.2 Å². The highest BCUT2D eigenvalue weighted by atomic mass is 31.2. The van der Waals surface area contributed by atoms with Crippen molar-refractivity contribution < 1.29 is 41.5 Å². The predicted molar refractivity (Wildman–Crippen MR) is 253 cm³/mol. The Hall–Kier alpha value is -3.15. The van der Waals surface area contributed by atoms with E-state index in [-0.39, 0.29) is 43.0 Å². The molecule has 19 nitrogen and oxygen atoms in total. The molecule has 21 heteroatoms. The molecule has 3 N–H and O–H groups in total. The number of carbonyl (C=O) groups is 1. The van der Waals surface area contributed by atoms with Crippen LogP contribution in [0.15, 0.2) is 42.1 Å². The maximum Gasteiger partial charge on any atom is 0.356 e. The van der Waals surface area contributed by atoms with E-state index in [2.05, 4.69) is 54.3 Å². The van der Waals surface area contributed by atoms with Crippen molar-refractivity contribution in [2.24, 2.45) is 35.7 Å². The molecule has 63 heavy (non-hydrogen) atoms. The number of ether oxygens (including phenoxy) is 2. The van der Waals surface area contributed by atoms with Gasteiger partial charge in [-0.3, -0.25) is 23.9 Å². The van der Waals surface area contributed by atoms with Gasteiger partial charge in [0.2, 0.25) is 5.91 Å². The molecule has 4 atom stereocenters. The van der Waals surface area contributed by atoms with Crippen molar-refractivity contribution in [1.29, 1.82) is 0 Å². The van der Waals surface area contributed by atoms with Crippen molar-refractivity contribution >= 4 is 58.1 Å². The van der Waals surface area contributed by atoms with E-state index in [1.807, 2.05) is 9.80 Å². The lowest BCUT2D eigenvalue weighted by molar-refractivity contribution is -0.119. The number of nitrogens with one attached hydrogen (secondary N) is 1. The molecule has 0 saturated carbocycles. The number of hydrogen-bond donors (Lipinski definition) is 2. The largest absolute Gasteiger partial charge is 0.385 e. The monoisotopic (exact) mass is 927 g/mol. The van der Waals surface area contributed by atoms with E-state index in [4.69, 9.17) is 33.3 Å². The minimum absolute atomic E-state index is 0.0324. The molecule has 0 saturated heterocycles. The first-order chi connectivity index (χ1) is 30.6. The molecule has 0 aromatic rings. The number of unbranched alkanes of at least 4 members (excludes halogenated alkanes) is 11. The van der Waals surface area contributed by atoms with Gasteiger partial charge in [-0.25, -0.2) is 20.0 Å². The van der Waals surface area contributed by atoms with E-state index in [1.165, 1.54) is 70.5 Å². The summed E-state index contributed by atoms with van der Waals surface area (Å²) >= 11 is 0. The molecule has 4 heterocycles. The summed E-state index contributed by atoms with van der Waals surface area (Å²) in [6.45, 7) is 12.3. The highest BCUT2D eigenvalue weighted by molar-refractivity contribution is 7.53. The minimum Gasteiger partial charge on any atom is -0.385 e. The van der Waals surface area contributed by atoms with E-state index < -0.39 is 15.2 Å². The summed E-state index contributed by atoms with van der Waals surface area (Å²) in [7, 11) is -6.40. The summed E-state index contributed by atoms with van der Waals surface area (Å²) in [6, 6.07) is -0.584. The maximum absolute atomic E-state index is 12.5. The Morgan fingerprint density at radius 3 is 1.63 bits per heavy atom. The van der Waals surface area contributed by atoms with Gasteiger partial charge in [-0.05, 0) is 59.8 Å². The van der Waals surface area contributed by atoms with Gasteiger partial charge in [-0.1, -0.05) is 70.4 Å². The molecule has 0 aliphatic carbocycles.